The summed E-state index contributed by atoms with van der Waals surface area (Å²) in [7, 11) is 1.72. The first-order valence-corrected chi connectivity index (χ1v) is 10.0. The Morgan fingerprint density at radius 1 is 1.10 bits per heavy atom. The third kappa shape index (κ3) is 5.92. The van der Waals surface area contributed by atoms with Gasteiger partial charge in [0.2, 0.25) is 5.78 Å². The Labute approximate surface area is 176 Å². The molecule has 2 heterocycles. The van der Waals surface area contributed by atoms with Gasteiger partial charge in [-0.3, -0.25) is 9.78 Å². The number of aryl methyl sites for hydroxylation is 1. The molecule has 156 valence electrons. The zero-order chi connectivity index (χ0) is 21.2. The predicted octanol–water partition coefficient (Wildman–Crippen LogP) is 2.91. The lowest BCUT2D eigenvalue weighted by Gasteiger charge is -2.08. The number of carbonyl (C=O) groups excluding carboxylic acids is 1. The van der Waals surface area contributed by atoms with E-state index in [1.165, 1.54) is 11.8 Å². The number of ether oxygens (including phenoxy) is 1. The van der Waals surface area contributed by atoms with Crippen molar-refractivity contribution < 1.29 is 9.53 Å². The van der Waals surface area contributed by atoms with Gasteiger partial charge in [-0.15, -0.1) is 0 Å². The van der Waals surface area contributed by atoms with Crippen molar-refractivity contribution in [1.29, 1.82) is 0 Å². The van der Waals surface area contributed by atoms with Crippen LogP contribution in [0.3, 0.4) is 0 Å². The Bertz CT molecular complexity index is 946. The quantitative estimate of drug-likeness (QED) is 0.373. The smallest absolute Gasteiger partial charge is 0.216 e. The molecule has 3 N–H and O–H groups in total. The van der Waals surface area contributed by atoms with Crippen LogP contribution in [0.5, 0.6) is 0 Å². The van der Waals surface area contributed by atoms with Gasteiger partial charge in [0.1, 0.15) is 0 Å². The minimum absolute atomic E-state index is 0.113. The standard InChI is InChI=1S/C23H27N5O2/c1-30-14-4-13-25-11-2-5-17-7-9-18(10-8-17)20-16-27-23(24)21(28-20)22(29)19-6-3-12-26-15-19/h3,6-10,12,15-16,25H,2,4-5,11,13-14H2,1H3,(H2,24,27). The highest BCUT2D eigenvalue weighted by atomic mass is 16.5. The van der Waals surface area contributed by atoms with Gasteiger partial charge in [-0.05, 0) is 50.0 Å². The lowest BCUT2D eigenvalue weighted by molar-refractivity contribution is 0.103. The second-order valence-corrected chi connectivity index (χ2v) is 6.96. The molecule has 7 heteroatoms. The summed E-state index contributed by atoms with van der Waals surface area (Å²) in [4.78, 5) is 25.3. The molecule has 0 atom stereocenters. The number of hydrogen-bond acceptors (Lipinski definition) is 7. The molecule has 0 fully saturated rings. The Morgan fingerprint density at radius 3 is 2.63 bits per heavy atom. The summed E-state index contributed by atoms with van der Waals surface area (Å²) in [6, 6.07) is 11.6. The van der Waals surface area contributed by atoms with Gasteiger partial charge in [-0.1, -0.05) is 24.3 Å². The molecule has 0 spiro atoms. The molecule has 7 nitrogen and oxygen atoms in total. The van der Waals surface area contributed by atoms with Crippen LogP contribution in [-0.2, 0) is 11.2 Å². The summed E-state index contributed by atoms with van der Waals surface area (Å²) in [5, 5.41) is 3.42. The van der Waals surface area contributed by atoms with Crippen LogP contribution in [0.15, 0.2) is 55.0 Å². The topological polar surface area (TPSA) is 103 Å². The van der Waals surface area contributed by atoms with Crippen LogP contribution in [0, 0.1) is 0 Å². The van der Waals surface area contributed by atoms with Gasteiger partial charge in [-0.25, -0.2) is 9.97 Å². The van der Waals surface area contributed by atoms with Gasteiger partial charge in [-0.2, -0.15) is 0 Å². The molecule has 0 aliphatic carbocycles. The van der Waals surface area contributed by atoms with E-state index < -0.39 is 0 Å². The Balaban J connectivity index is 1.62. The summed E-state index contributed by atoms with van der Waals surface area (Å²) in [6.45, 7) is 2.75. The molecule has 0 unspecified atom stereocenters. The number of nitrogen functional groups attached to an aromatic ring is 1. The lowest BCUT2D eigenvalue weighted by Crippen LogP contribution is -2.18. The number of nitrogens with one attached hydrogen (secondary N) is 1. The van der Waals surface area contributed by atoms with Crippen LogP contribution in [0.4, 0.5) is 5.82 Å². The van der Waals surface area contributed by atoms with E-state index in [1.54, 1.807) is 31.6 Å². The number of methoxy groups -OCH3 is 1. The molecule has 3 aromatic rings. The van der Waals surface area contributed by atoms with Crippen molar-refractivity contribution in [1.82, 2.24) is 20.3 Å². The molecule has 0 aliphatic rings. The molecule has 0 saturated carbocycles. The number of aromatic nitrogens is 3. The van der Waals surface area contributed by atoms with Gasteiger partial charge in [0.15, 0.2) is 11.5 Å². The average Bonchev–Trinajstić information content (AvgIpc) is 2.79. The summed E-state index contributed by atoms with van der Waals surface area (Å²) in [6.07, 6.45) is 7.79. The van der Waals surface area contributed by atoms with E-state index in [0.717, 1.165) is 44.5 Å². The van der Waals surface area contributed by atoms with Gasteiger partial charge in [0, 0.05) is 37.2 Å². The van der Waals surface area contributed by atoms with E-state index in [-0.39, 0.29) is 17.3 Å². The molecule has 0 aliphatic heterocycles. The SMILES string of the molecule is COCCCNCCCc1ccc(-c2cnc(N)c(C(=O)c3cccnc3)n2)cc1. The van der Waals surface area contributed by atoms with Crippen molar-refractivity contribution >= 4 is 11.6 Å². The van der Waals surface area contributed by atoms with Crippen molar-refractivity contribution in [3.8, 4) is 11.3 Å². The molecular formula is C23H27N5O2. The third-order valence-electron chi connectivity index (χ3n) is 4.71. The molecule has 3 rings (SSSR count). The van der Waals surface area contributed by atoms with Gasteiger partial charge in [0.05, 0.1) is 11.9 Å². The summed E-state index contributed by atoms with van der Waals surface area (Å²) >= 11 is 0. The first-order valence-electron chi connectivity index (χ1n) is 10.0. The van der Waals surface area contributed by atoms with E-state index in [1.807, 2.05) is 12.1 Å². The number of carbonyl (C=O) groups is 1. The van der Waals surface area contributed by atoms with Crippen LogP contribution in [-0.4, -0.2) is 47.5 Å². The summed E-state index contributed by atoms with van der Waals surface area (Å²) < 4.78 is 5.04. The van der Waals surface area contributed by atoms with Crippen molar-refractivity contribution in [3.05, 3.63) is 71.8 Å². The highest BCUT2D eigenvalue weighted by Crippen LogP contribution is 2.21. The van der Waals surface area contributed by atoms with Crippen LogP contribution >= 0.6 is 0 Å². The summed E-state index contributed by atoms with van der Waals surface area (Å²) in [5.41, 5.74) is 9.25. The first kappa shape index (κ1) is 21.5. The maximum Gasteiger partial charge on any atom is 0.216 e. The maximum atomic E-state index is 12.7. The number of nitrogens with two attached hydrogens (primary N) is 1. The van der Waals surface area contributed by atoms with E-state index >= 15 is 0 Å². The van der Waals surface area contributed by atoms with Crippen LogP contribution in [0.1, 0.15) is 34.5 Å². The van der Waals surface area contributed by atoms with E-state index in [4.69, 9.17) is 10.5 Å². The highest BCUT2D eigenvalue weighted by molar-refractivity contribution is 6.10. The number of ketones is 1. The number of pyridine rings is 1. The fraction of sp³-hybridized carbons (Fsp3) is 0.304. The molecular weight excluding hydrogens is 378 g/mol. The third-order valence-corrected chi connectivity index (χ3v) is 4.71. The van der Waals surface area contributed by atoms with Crippen LogP contribution < -0.4 is 11.1 Å². The monoisotopic (exact) mass is 405 g/mol. The summed E-state index contributed by atoms with van der Waals surface area (Å²) in [5.74, 6) is -0.174. The highest BCUT2D eigenvalue weighted by Gasteiger charge is 2.16. The Morgan fingerprint density at radius 2 is 1.90 bits per heavy atom. The molecule has 0 radical (unpaired) electrons. The minimum atomic E-state index is -0.287. The number of rotatable bonds is 11. The van der Waals surface area contributed by atoms with Crippen LogP contribution in [0.2, 0.25) is 0 Å². The average molecular weight is 406 g/mol. The second-order valence-electron chi connectivity index (χ2n) is 6.96. The molecule has 2 aromatic heterocycles. The Kier molecular flexibility index (Phi) is 8.00. The number of hydrogen-bond donors (Lipinski definition) is 2. The lowest BCUT2D eigenvalue weighted by atomic mass is 10.1. The minimum Gasteiger partial charge on any atom is -0.385 e. The largest absolute Gasteiger partial charge is 0.385 e. The molecule has 0 amide bonds. The van der Waals surface area contributed by atoms with Gasteiger partial charge < -0.3 is 15.8 Å². The zero-order valence-corrected chi connectivity index (χ0v) is 17.2. The fourth-order valence-corrected chi connectivity index (χ4v) is 3.06. The molecule has 1 aromatic carbocycles. The number of benzene rings is 1. The number of nitrogens with zero attached hydrogens (tertiary/aromatic N) is 3. The predicted molar refractivity (Wildman–Crippen MR) is 117 cm³/mol. The maximum absolute atomic E-state index is 12.7. The van der Waals surface area contributed by atoms with Crippen molar-refractivity contribution in [2.45, 2.75) is 19.3 Å². The van der Waals surface area contributed by atoms with E-state index in [0.29, 0.717) is 11.3 Å². The normalized spacial score (nSPS) is 10.8. The van der Waals surface area contributed by atoms with Gasteiger partial charge >= 0.3 is 0 Å². The Hall–Kier alpha value is -3.16. The van der Waals surface area contributed by atoms with E-state index in [9.17, 15) is 4.79 Å². The molecule has 0 saturated heterocycles. The molecule has 30 heavy (non-hydrogen) atoms. The van der Waals surface area contributed by atoms with Crippen molar-refractivity contribution in [2.24, 2.45) is 0 Å². The second kappa shape index (κ2) is 11.1. The van der Waals surface area contributed by atoms with Gasteiger partial charge in [0.25, 0.3) is 0 Å². The van der Waals surface area contributed by atoms with Crippen LogP contribution in [0.25, 0.3) is 11.3 Å². The van der Waals surface area contributed by atoms with Crippen molar-refractivity contribution in [2.75, 3.05) is 32.5 Å². The number of anilines is 1. The van der Waals surface area contributed by atoms with E-state index in [2.05, 4.69) is 32.4 Å². The zero-order valence-electron chi connectivity index (χ0n) is 17.2. The molecule has 0 bridgehead atoms. The first-order chi connectivity index (χ1) is 14.7. The fourth-order valence-electron chi connectivity index (χ4n) is 3.06. The van der Waals surface area contributed by atoms with Crippen molar-refractivity contribution in [3.63, 3.8) is 0 Å².